The van der Waals surface area contributed by atoms with Gasteiger partial charge in [-0.3, -0.25) is 9.69 Å². The minimum atomic E-state index is 0.0496. The van der Waals surface area contributed by atoms with Crippen molar-refractivity contribution in [1.82, 2.24) is 14.9 Å². The maximum Gasteiger partial charge on any atom is 0.255 e. The molecule has 2 aromatic rings. The molecule has 1 saturated heterocycles. The van der Waals surface area contributed by atoms with E-state index in [2.05, 4.69) is 51.0 Å². The molecule has 0 atom stereocenters. The Labute approximate surface area is 161 Å². The lowest BCUT2D eigenvalue weighted by atomic mass is 10.1. The van der Waals surface area contributed by atoms with Gasteiger partial charge in [0.15, 0.2) is 0 Å². The number of benzene rings is 1. The van der Waals surface area contributed by atoms with Gasteiger partial charge in [-0.1, -0.05) is 19.1 Å². The molecule has 0 amide bonds. The highest BCUT2D eigenvalue weighted by Gasteiger charge is 2.21. The van der Waals surface area contributed by atoms with Gasteiger partial charge in [-0.05, 0) is 43.4 Å². The summed E-state index contributed by atoms with van der Waals surface area (Å²) >= 11 is 0. The molecular formula is C22H30N4O. The first kappa shape index (κ1) is 18.2. The smallest absolute Gasteiger partial charge is 0.255 e. The van der Waals surface area contributed by atoms with Crippen molar-refractivity contribution in [2.24, 2.45) is 0 Å². The number of piperidine rings is 1. The lowest BCUT2D eigenvalue weighted by molar-refractivity contribution is 0.241. The molecule has 2 aliphatic heterocycles. The summed E-state index contributed by atoms with van der Waals surface area (Å²) < 4.78 is 0. The maximum absolute atomic E-state index is 12.4. The third kappa shape index (κ3) is 4.24. The van der Waals surface area contributed by atoms with Gasteiger partial charge < -0.3 is 9.88 Å². The second kappa shape index (κ2) is 8.26. The first-order valence-electron chi connectivity index (χ1n) is 10.4. The van der Waals surface area contributed by atoms with Gasteiger partial charge in [-0.25, -0.2) is 4.98 Å². The first-order chi connectivity index (χ1) is 13.2. The molecule has 0 spiro atoms. The van der Waals surface area contributed by atoms with Crippen LogP contribution in [0.3, 0.4) is 0 Å². The average molecular weight is 367 g/mol. The highest BCUT2D eigenvalue weighted by atomic mass is 16.1. The Bertz CT molecular complexity index is 821. The van der Waals surface area contributed by atoms with Gasteiger partial charge >= 0.3 is 0 Å². The zero-order valence-corrected chi connectivity index (χ0v) is 16.3. The summed E-state index contributed by atoms with van der Waals surface area (Å²) in [4.78, 5) is 24.9. The lowest BCUT2D eigenvalue weighted by Gasteiger charge is -2.30. The Kier molecular flexibility index (Phi) is 5.58. The summed E-state index contributed by atoms with van der Waals surface area (Å²) in [6, 6.07) is 8.99. The van der Waals surface area contributed by atoms with E-state index in [1.54, 1.807) is 0 Å². The molecule has 0 radical (unpaired) electrons. The van der Waals surface area contributed by atoms with Crippen molar-refractivity contribution in [3.05, 3.63) is 57.3 Å². The summed E-state index contributed by atoms with van der Waals surface area (Å²) in [6.07, 6.45) is 6.67. The van der Waals surface area contributed by atoms with Gasteiger partial charge in [0.05, 0.1) is 11.3 Å². The minimum absolute atomic E-state index is 0.0496. The van der Waals surface area contributed by atoms with Crippen molar-refractivity contribution >= 4 is 5.69 Å². The third-order valence-electron chi connectivity index (χ3n) is 5.75. The predicted molar refractivity (Wildman–Crippen MR) is 109 cm³/mol. The molecule has 3 heterocycles. The zero-order valence-electron chi connectivity index (χ0n) is 16.3. The van der Waals surface area contributed by atoms with E-state index in [0.29, 0.717) is 6.54 Å². The van der Waals surface area contributed by atoms with E-state index in [4.69, 9.17) is 0 Å². The Balaban J connectivity index is 1.41. The molecule has 2 aliphatic rings. The maximum atomic E-state index is 12.4. The number of hydrogen-bond acceptors (Lipinski definition) is 4. The molecule has 5 heteroatoms. The third-order valence-corrected chi connectivity index (χ3v) is 5.75. The van der Waals surface area contributed by atoms with Crippen molar-refractivity contribution in [1.29, 1.82) is 0 Å². The van der Waals surface area contributed by atoms with E-state index in [1.807, 2.05) is 0 Å². The van der Waals surface area contributed by atoms with Crippen LogP contribution in [-0.4, -0.2) is 34.5 Å². The predicted octanol–water partition coefficient (Wildman–Crippen LogP) is 3.27. The quantitative estimate of drug-likeness (QED) is 0.882. The number of aromatic nitrogens is 2. The van der Waals surface area contributed by atoms with Gasteiger partial charge in [-0.15, -0.1) is 0 Å². The van der Waals surface area contributed by atoms with Crippen molar-refractivity contribution in [3.63, 3.8) is 0 Å². The van der Waals surface area contributed by atoms with Crippen molar-refractivity contribution in [2.45, 2.75) is 58.5 Å². The average Bonchev–Trinajstić information content (AvgIpc) is 2.70. The number of rotatable bonds is 5. The molecule has 27 heavy (non-hydrogen) atoms. The summed E-state index contributed by atoms with van der Waals surface area (Å²) in [5, 5.41) is 0. The number of anilines is 1. The summed E-state index contributed by atoms with van der Waals surface area (Å²) in [5.74, 6) is 0.836. The molecule has 1 N–H and O–H groups in total. The molecule has 0 saturated carbocycles. The fourth-order valence-electron chi connectivity index (χ4n) is 4.25. The number of nitrogens with one attached hydrogen (secondary N) is 1. The molecule has 144 valence electrons. The molecule has 4 rings (SSSR count). The molecule has 1 aromatic carbocycles. The Morgan fingerprint density at radius 2 is 1.85 bits per heavy atom. The fourth-order valence-corrected chi connectivity index (χ4v) is 4.25. The molecule has 0 aliphatic carbocycles. The van der Waals surface area contributed by atoms with Crippen LogP contribution in [0.2, 0.25) is 0 Å². The monoisotopic (exact) mass is 366 g/mol. The molecule has 0 unspecified atom stereocenters. The second-order valence-electron chi connectivity index (χ2n) is 7.86. The van der Waals surface area contributed by atoms with Crippen LogP contribution in [0, 0.1) is 0 Å². The summed E-state index contributed by atoms with van der Waals surface area (Å²) in [7, 11) is 0. The SMILES string of the molecule is CCCc1nc2c(c(=O)[nH]1)CN(Cc1ccc(N3CCCCC3)cc1)CC2. The second-order valence-corrected chi connectivity index (χ2v) is 7.86. The first-order valence-corrected chi connectivity index (χ1v) is 10.4. The summed E-state index contributed by atoms with van der Waals surface area (Å²) in [6.45, 7) is 7.00. The van der Waals surface area contributed by atoms with Gasteiger partial charge in [0.2, 0.25) is 0 Å². The molecular weight excluding hydrogens is 336 g/mol. The van der Waals surface area contributed by atoms with Gasteiger partial charge in [0.1, 0.15) is 5.82 Å². The van der Waals surface area contributed by atoms with E-state index in [0.717, 1.165) is 49.4 Å². The van der Waals surface area contributed by atoms with Crippen LogP contribution in [0.15, 0.2) is 29.1 Å². The van der Waals surface area contributed by atoms with Crippen molar-refractivity contribution in [3.8, 4) is 0 Å². The number of aromatic amines is 1. The number of nitrogens with zero attached hydrogens (tertiary/aromatic N) is 3. The van der Waals surface area contributed by atoms with E-state index in [-0.39, 0.29) is 5.56 Å². The van der Waals surface area contributed by atoms with Crippen molar-refractivity contribution in [2.75, 3.05) is 24.5 Å². The Morgan fingerprint density at radius 3 is 2.59 bits per heavy atom. The molecule has 0 bridgehead atoms. The van der Waals surface area contributed by atoms with E-state index >= 15 is 0 Å². The Morgan fingerprint density at radius 1 is 1.07 bits per heavy atom. The summed E-state index contributed by atoms with van der Waals surface area (Å²) in [5.41, 5.74) is 4.55. The zero-order chi connectivity index (χ0) is 18.6. The normalized spacial score (nSPS) is 17.7. The van der Waals surface area contributed by atoms with Crippen LogP contribution in [-0.2, 0) is 25.9 Å². The van der Waals surface area contributed by atoms with Gasteiger partial charge in [-0.2, -0.15) is 0 Å². The van der Waals surface area contributed by atoms with E-state index < -0.39 is 0 Å². The molecule has 1 fully saturated rings. The highest BCUT2D eigenvalue weighted by Crippen LogP contribution is 2.22. The van der Waals surface area contributed by atoms with Crippen LogP contribution >= 0.6 is 0 Å². The number of hydrogen-bond donors (Lipinski definition) is 1. The topological polar surface area (TPSA) is 52.2 Å². The van der Waals surface area contributed by atoms with Crippen molar-refractivity contribution < 1.29 is 0 Å². The number of fused-ring (bicyclic) bond motifs is 1. The Hall–Kier alpha value is -2.14. The van der Waals surface area contributed by atoms with Gasteiger partial charge in [0.25, 0.3) is 5.56 Å². The van der Waals surface area contributed by atoms with Gasteiger partial charge in [0, 0.05) is 51.3 Å². The minimum Gasteiger partial charge on any atom is -0.372 e. The molecule has 5 nitrogen and oxygen atoms in total. The lowest BCUT2D eigenvalue weighted by Crippen LogP contribution is -2.35. The van der Waals surface area contributed by atoms with Crippen LogP contribution < -0.4 is 10.5 Å². The number of aryl methyl sites for hydroxylation is 1. The largest absolute Gasteiger partial charge is 0.372 e. The standard InChI is InChI=1S/C22H30N4O/c1-2-6-21-23-20-11-14-25(16-19(20)22(27)24-21)15-17-7-9-18(10-8-17)26-12-4-3-5-13-26/h7-10H,2-6,11-16H2,1H3,(H,23,24,27). The molecule has 1 aromatic heterocycles. The van der Waals surface area contributed by atoms with Crippen LogP contribution in [0.4, 0.5) is 5.69 Å². The fraction of sp³-hybridized carbons (Fsp3) is 0.545. The van der Waals surface area contributed by atoms with E-state index in [9.17, 15) is 4.79 Å². The van der Waals surface area contributed by atoms with Crippen LogP contribution in [0.25, 0.3) is 0 Å². The van der Waals surface area contributed by atoms with Crippen LogP contribution in [0.1, 0.15) is 55.3 Å². The number of H-pyrrole nitrogens is 1. The van der Waals surface area contributed by atoms with Crippen LogP contribution in [0.5, 0.6) is 0 Å². The highest BCUT2D eigenvalue weighted by molar-refractivity contribution is 5.47. The van der Waals surface area contributed by atoms with E-state index in [1.165, 1.54) is 43.6 Å².